The topological polar surface area (TPSA) is 81.1 Å². The molecular weight excluding hydrogens is 350 g/mol. The van der Waals surface area contributed by atoms with Crippen molar-refractivity contribution in [2.45, 2.75) is 25.8 Å². The molecule has 0 aliphatic carbocycles. The zero-order valence-corrected chi connectivity index (χ0v) is 14.8. The summed E-state index contributed by atoms with van der Waals surface area (Å²) in [6.45, 7) is 2.08. The number of nitrogens with one attached hydrogen (secondary N) is 1. The molecule has 0 spiro atoms. The van der Waals surface area contributed by atoms with Crippen molar-refractivity contribution in [1.82, 2.24) is 9.78 Å². The fraction of sp³-hybridized carbons (Fsp3) is 0.375. The molecule has 2 aromatic rings. The first-order valence-corrected chi connectivity index (χ1v) is 9.93. The Hall–Kier alpha value is -1.86. The molecule has 1 N–H and O–H groups in total. The second-order valence-corrected chi connectivity index (χ2v) is 8.46. The normalized spacial score (nSPS) is 19.3. The summed E-state index contributed by atoms with van der Waals surface area (Å²) in [6, 6.07) is 7.36. The van der Waals surface area contributed by atoms with E-state index < -0.39 is 21.4 Å². The van der Waals surface area contributed by atoms with Crippen molar-refractivity contribution in [3.8, 4) is 0 Å². The van der Waals surface area contributed by atoms with Crippen LogP contribution in [0.2, 0.25) is 5.02 Å². The lowest BCUT2D eigenvalue weighted by atomic mass is 10.1. The van der Waals surface area contributed by atoms with E-state index in [1.165, 1.54) is 16.4 Å². The fourth-order valence-electron chi connectivity index (χ4n) is 2.74. The number of rotatable bonds is 4. The maximum Gasteiger partial charge on any atom is 0.287 e. The summed E-state index contributed by atoms with van der Waals surface area (Å²) in [4.78, 5) is 12.4. The first-order valence-electron chi connectivity index (χ1n) is 7.73. The average Bonchev–Trinajstić information content (AvgIpc) is 2.92. The van der Waals surface area contributed by atoms with E-state index in [4.69, 9.17) is 11.6 Å². The smallest absolute Gasteiger partial charge is 0.287 e. The van der Waals surface area contributed by atoms with Crippen LogP contribution in [-0.4, -0.2) is 29.7 Å². The van der Waals surface area contributed by atoms with E-state index in [2.05, 4.69) is 17.3 Å². The molecule has 1 atom stereocenters. The molecule has 6 nitrogen and oxygen atoms in total. The number of aryl methyl sites for hydroxylation is 1. The second-order valence-electron chi connectivity index (χ2n) is 5.85. The highest BCUT2D eigenvalue weighted by molar-refractivity contribution is 7.91. The summed E-state index contributed by atoms with van der Waals surface area (Å²) in [5.41, 5.74) is 1.94. The van der Waals surface area contributed by atoms with Crippen LogP contribution in [0.25, 0.3) is 0 Å². The first kappa shape index (κ1) is 17.0. The number of anilines is 2. The Kier molecular flexibility index (Phi) is 4.64. The molecule has 0 amide bonds. The molecule has 0 saturated carbocycles. The van der Waals surface area contributed by atoms with Gasteiger partial charge in [-0.1, -0.05) is 30.7 Å². The van der Waals surface area contributed by atoms with Crippen LogP contribution in [-0.2, 0) is 16.3 Å². The Labute approximate surface area is 145 Å². The second kappa shape index (κ2) is 6.57. The van der Waals surface area contributed by atoms with E-state index in [0.717, 1.165) is 12.1 Å². The number of hydrogen-bond donors (Lipinski definition) is 1. The largest absolute Gasteiger partial charge is 0.353 e. The lowest BCUT2D eigenvalue weighted by Gasteiger charge is -2.14. The molecule has 1 aromatic heterocycles. The van der Waals surface area contributed by atoms with Gasteiger partial charge in [-0.05, 0) is 30.5 Å². The summed E-state index contributed by atoms with van der Waals surface area (Å²) in [5, 5.41) is 7.19. The fourth-order valence-corrected chi connectivity index (χ4v) is 4.61. The predicted octanol–water partition coefficient (Wildman–Crippen LogP) is 2.56. The first-order chi connectivity index (χ1) is 11.4. The van der Waals surface area contributed by atoms with Crippen LogP contribution in [0.5, 0.6) is 0 Å². The van der Waals surface area contributed by atoms with Crippen molar-refractivity contribution < 1.29 is 8.42 Å². The minimum atomic E-state index is -3.10. The number of aromatic nitrogens is 2. The Morgan fingerprint density at radius 1 is 1.33 bits per heavy atom. The van der Waals surface area contributed by atoms with Crippen LogP contribution in [0.3, 0.4) is 0 Å². The van der Waals surface area contributed by atoms with Crippen molar-refractivity contribution in [1.29, 1.82) is 0 Å². The molecule has 2 heterocycles. The number of benzene rings is 1. The third kappa shape index (κ3) is 3.47. The van der Waals surface area contributed by atoms with Crippen molar-refractivity contribution in [2.24, 2.45) is 0 Å². The van der Waals surface area contributed by atoms with Gasteiger partial charge in [0.15, 0.2) is 9.84 Å². The molecule has 1 saturated heterocycles. The monoisotopic (exact) mass is 367 g/mol. The van der Waals surface area contributed by atoms with Crippen molar-refractivity contribution in [3.63, 3.8) is 0 Å². The van der Waals surface area contributed by atoms with Crippen molar-refractivity contribution in [3.05, 3.63) is 51.4 Å². The van der Waals surface area contributed by atoms with Gasteiger partial charge in [-0.2, -0.15) is 5.10 Å². The molecule has 0 radical (unpaired) electrons. The predicted molar refractivity (Wildman–Crippen MR) is 94.9 cm³/mol. The standard InChI is InChI=1S/C16H18ClN3O3S/c1-2-11-3-5-12(6-4-11)19-14-9-18-20(16(21)15(14)17)13-7-8-24(22,23)10-13/h3-6,9,13,19H,2,7-8,10H2,1H3. The van der Waals surface area contributed by atoms with Crippen molar-refractivity contribution >= 4 is 32.8 Å². The number of nitrogens with zero attached hydrogens (tertiary/aromatic N) is 2. The number of hydrogen-bond acceptors (Lipinski definition) is 5. The van der Waals surface area contributed by atoms with E-state index in [1.807, 2.05) is 24.3 Å². The van der Waals surface area contributed by atoms with Crippen LogP contribution in [0.15, 0.2) is 35.3 Å². The molecule has 1 unspecified atom stereocenters. The van der Waals surface area contributed by atoms with Gasteiger partial charge < -0.3 is 5.32 Å². The van der Waals surface area contributed by atoms with Gasteiger partial charge in [-0.3, -0.25) is 4.79 Å². The van der Waals surface area contributed by atoms with Crippen LogP contribution >= 0.6 is 11.6 Å². The SMILES string of the molecule is CCc1ccc(Nc2cnn(C3CCS(=O)(=O)C3)c(=O)c2Cl)cc1. The van der Waals surface area contributed by atoms with E-state index >= 15 is 0 Å². The van der Waals surface area contributed by atoms with Gasteiger partial charge in [0.25, 0.3) is 5.56 Å². The van der Waals surface area contributed by atoms with Gasteiger partial charge in [0.1, 0.15) is 5.02 Å². The molecule has 24 heavy (non-hydrogen) atoms. The summed E-state index contributed by atoms with van der Waals surface area (Å²) < 4.78 is 24.3. The highest BCUT2D eigenvalue weighted by Crippen LogP contribution is 2.25. The van der Waals surface area contributed by atoms with E-state index in [-0.39, 0.29) is 16.5 Å². The highest BCUT2D eigenvalue weighted by Gasteiger charge is 2.31. The number of sulfone groups is 1. The van der Waals surface area contributed by atoms with Gasteiger partial charge in [0, 0.05) is 5.69 Å². The summed E-state index contributed by atoms with van der Waals surface area (Å²) in [7, 11) is -3.10. The zero-order chi connectivity index (χ0) is 17.3. The van der Waals surface area contributed by atoms with Crippen LogP contribution in [0, 0.1) is 0 Å². The number of halogens is 1. The average molecular weight is 368 g/mol. The van der Waals surface area contributed by atoms with Crippen LogP contribution < -0.4 is 10.9 Å². The highest BCUT2D eigenvalue weighted by atomic mass is 35.5. The van der Waals surface area contributed by atoms with Gasteiger partial charge in [0.2, 0.25) is 0 Å². The Morgan fingerprint density at radius 2 is 2.04 bits per heavy atom. The Balaban J connectivity index is 1.86. The van der Waals surface area contributed by atoms with E-state index in [0.29, 0.717) is 12.1 Å². The van der Waals surface area contributed by atoms with Gasteiger partial charge in [0.05, 0.1) is 29.4 Å². The molecule has 1 aliphatic rings. The zero-order valence-electron chi connectivity index (χ0n) is 13.2. The van der Waals surface area contributed by atoms with Gasteiger partial charge in [-0.15, -0.1) is 0 Å². The summed E-state index contributed by atoms with van der Waals surface area (Å²) >= 11 is 6.17. The molecule has 8 heteroatoms. The lowest BCUT2D eigenvalue weighted by molar-refractivity contribution is 0.474. The molecule has 128 valence electrons. The minimum Gasteiger partial charge on any atom is -0.353 e. The summed E-state index contributed by atoms with van der Waals surface area (Å²) in [6.07, 6.45) is 2.79. The minimum absolute atomic E-state index is 0.00821. The molecule has 1 aliphatic heterocycles. The van der Waals surface area contributed by atoms with Crippen LogP contribution in [0.4, 0.5) is 11.4 Å². The summed E-state index contributed by atoms with van der Waals surface area (Å²) in [5.74, 6) is 0.00861. The lowest BCUT2D eigenvalue weighted by Crippen LogP contribution is -2.28. The Morgan fingerprint density at radius 3 is 2.62 bits per heavy atom. The quantitative estimate of drug-likeness (QED) is 0.898. The molecular formula is C16H18ClN3O3S. The molecule has 1 aromatic carbocycles. The molecule has 1 fully saturated rings. The Bertz CT molecular complexity index is 907. The maximum absolute atomic E-state index is 12.4. The van der Waals surface area contributed by atoms with Gasteiger partial charge in [-0.25, -0.2) is 13.1 Å². The third-order valence-electron chi connectivity index (χ3n) is 4.14. The van der Waals surface area contributed by atoms with E-state index in [1.54, 1.807) is 0 Å². The molecule has 0 bridgehead atoms. The van der Waals surface area contributed by atoms with Crippen LogP contribution in [0.1, 0.15) is 24.9 Å². The third-order valence-corrected chi connectivity index (χ3v) is 6.25. The van der Waals surface area contributed by atoms with E-state index in [9.17, 15) is 13.2 Å². The maximum atomic E-state index is 12.4. The molecule has 3 rings (SSSR count). The van der Waals surface area contributed by atoms with Crippen molar-refractivity contribution in [2.75, 3.05) is 16.8 Å². The van der Waals surface area contributed by atoms with Gasteiger partial charge >= 0.3 is 0 Å².